The van der Waals surface area contributed by atoms with Crippen LogP contribution in [0.15, 0.2) is 0 Å². The lowest BCUT2D eigenvalue weighted by atomic mass is 10.0. The molecule has 4 heteroatoms. The van der Waals surface area contributed by atoms with Gasteiger partial charge in [0.25, 0.3) is 0 Å². The lowest BCUT2D eigenvalue weighted by molar-refractivity contribution is -0.147. The summed E-state index contributed by atoms with van der Waals surface area (Å²) in [5.74, 6) is -0.345. The van der Waals surface area contributed by atoms with Crippen molar-refractivity contribution < 1.29 is 14.3 Å². The minimum Gasteiger partial charge on any atom is -0.464 e. The zero-order valence-electron chi connectivity index (χ0n) is 22.6. The van der Waals surface area contributed by atoms with Gasteiger partial charge in [0.1, 0.15) is 6.04 Å². The average Bonchev–Trinajstić information content (AvgIpc) is 2.80. The molecule has 1 amide bonds. The highest BCUT2D eigenvalue weighted by molar-refractivity contribution is 5.84. The number of hydrogen-bond acceptors (Lipinski definition) is 3. The van der Waals surface area contributed by atoms with Crippen LogP contribution in [-0.4, -0.2) is 24.5 Å². The quantitative estimate of drug-likeness (QED) is 0.108. The van der Waals surface area contributed by atoms with Crippen LogP contribution in [0.2, 0.25) is 0 Å². The normalized spacial score (nSPS) is 12.0. The van der Waals surface area contributed by atoms with E-state index >= 15 is 0 Å². The second-order valence-corrected chi connectivity index (χ2v) is 9.92. The summed E-state index contributed by atoms with van der Waals surface area (Å²) < 4.78 is 5.29. The first-order valence-electron chi connectivity index (χ1n) is 14.6. The molecule has 0 rings (SSSR count). The number of amides is 1. The molecule has 0 aromatic carbocycles. The summed E-state index contributed by atoms with van der Waals surface area (Å²) >= 11 is 0. The molecule has 0 radical (unpaired) electrons. The summed E-state index contributed by atoms with van der Waals surface area (Å²) in [4.78, 5) is 24.0. The molecule has 0 aliphatic carbocycles. The molecule has 0 bridgehead atoms. The Hall–Kier alpha value is -1.06. The fourth-order valence-electron chi connectivity index (χ4n) is 4.21. The van der Waals surface area contributed by atoms with Gasteiger partial charge >= 0.3 is 5.97 Å². The van der Waals surface area contributed by atoms with Crippen LogP contribution in [0, 0.1) is 0 Å². The first-order chi connectivity index (χ1) is 16.1. The summed E-state index contributed by atoms with van der Waals surface area (Å²) in [5, 5.41) is 2.78. The van der Waals surface area contributed by atoms with Crippen LogP contribution >= 0.6 is 0 Å². The Labute approximate surface area is 206 Å². The summed E-state index contributed by atoms with van der Waals surface area (Å²) in [6, 6.07) is -0.547. The van der Waals surface area contributed by atoms with Crippen LogP contribution in [0.1, 0.15) is 162 Å². The maximum atomic E-state index is 12.0. The molecule has 0 aliphatic heterocycles. The van der Waals surface area contributed by atoms with Crippen LogP contribution in [-0.2, 0) is 14.3 Å². The third kappa shape index (κ3) is 23.9. The van der Waals surface area contributed by atoms with Crippen molar-refractivity contribution >= 4 is 11.9 Å². The Morgan fingerprint density at radius 2 is 0.939 bits per heavy atom. The van der Waals surface area contributed by atoms with Gasteiger partial charge in [0.05, 0.1) is 6.61 Å². The lowest BCUT2D eigenvalue weighted by Gasteiger charge is -2.13. The summed E-state index contributed by atoms with van der Waals surface area (Å²) in [5.41, 5.74) is 0. The Morgan fingerprint density at radius 1 is 0.576 bits per heavy atom. The van der Waals surface area contributed by atoms with Crippen LogP contribution < -0.4 is 5.32 Å². The zero-order valence-corrected chi connectivity index (χ0v) is 22.6. The number of carbonyl (C=O) groups is 2. The molecule has 1 unspecified atom stereocenters. The summed E-state index contributed by atoms with van der Waals surface area (Å²) in [6.07, 6.45) is 27.3. The number of carbonyl (C=O) groups excluding carboxylic acids is 2. The van der Waals surface area contributed by atoms with E-state index in [1.807, 2.05) is 0 Å². The van der Waals surface area contributed by atoms with E-state index < -0.39 is 6.04 Å². The predicted octanol–water partition coefficient (Wildman–Crippen LogP) is 8.66. The Kier molecular flexibility index (Phi) is 24.7. The lowest BCUT2D eigenvalue weighted by Crippen LogP contribution is -2.39. The molecule has 33 heavy (non-hydrogen) atoms. The van der Waals surface area contributed by atoms with Gasteiger partial charge < -0.3 is 10.1 Å². The van der Waals surface area contributed by atoms with Crippen molar-refractivity contribution in [1.29, 1.82) is 0 Å². The third-order valence-corrected chi connectivity index (χ3v) is 6.48. The molecular weight excluding hydrogens is 410 g/mol. The van der Waals surface area contributed by atoms with Crippen LogP contribution in [0.25, 0.3) is 0 Å². The van der Waals surface area contributed by atoms with Crippen molar-refractivity contribution in [3.63, 3.8) is 0 Å². The van der Waals surface area contributed by atoms with E-state index in [0.717, 1.165) is 25.7 Å². The molecule has 0 aliphatic rings. The Morgan fingerprint density at radius 3 is 1.36 bits per heavy atom. The number of unbranched alkanes of at least 4 members (excludes halogenated alkanes) is 19. The number of esters is 1. The van der Waals surface area contributed by atoms with E-state index in [2.05, 4.69) is 19.2 Å². The molecule has 4 nitrogen and oxygen atoms in total. The molecule has 0 heterocycles. The Balaban J connectivity index is 3.41. The van der Waals surface area contributed by atoms with Crippen molar-refractivity contribution in [1.82, 2.24) is 5.32 Å². The van der Waals surface area contributed by atoms with Crippen molar-refractivity contribution in [3.8, 4) is 0 Å². The third-order valence-electron chi connectivity index (χ3n) is 6.48. The van der Waals surface area contributed by atoms with Crippen molar-refractivity contribution in [2.45, 2.75) is 168 Å². The van der Waals surface area contributed by atoms with Crippen molar-refractivity contribution in [3.05, 3.63) is 0 Å². The molecule has 0 aromatic heterocycles. The van der Waals surface area contributed by atoms with Crippen LogP contribution in [0.4, 0.5) is 0 Å². The maximum Gasteiger partial charge on any atom is 0.328 e. The SMILES string of the molecule is CCCCCCCCCCCCCCCCCC(=O)NC(C)C(=O)OCCCCCCCC. The first-order valence-corrected chi connectivity index (χ1v) is 14.6. The van der Waals surface area contributed by atoms with E-state index in [4.69, 9.17) is 4.74 Å². The van der Waals surface area contributed by atoms with Crippen molar-refractivity contribution in [2.24, 2.45) is 0 Å². The van der Waals surface area contributed by atoms with Gasteiger partial charge in [-0.05, 0) is 19.8 Å². The second-order valence-electron chi connectivity index (χ2n) is 9.92. The van der Waals surface area contributed by atoms with Crippen molar-refractivity contribution in [2.75, 3.05) is 6.61 Å². The average molecular weight is 468 g/mol. The molecule has 0 saturated carbocycles. The first kappa shape index (κ1) is 31.9. The highest BCUT2D eigenvalue weighted by Gasteiger charge is 2.16. The second kappa shape index (κ2) is 25.6. The smallest absolute Gasteiger partial charge is 0.328 e. The fraction of sp³-hybridized carbons (Fsp3) is 0.931. The van der Waals surface area contributed by atoms with E-state index in [1.54, 1.807) is 6.92 Å². The molecule has 0 spiro atoms. The minimum atomic E-state index is -0.547. The van der Waals surface area contributed by atoms with Gasteiger partial charge in [-0.15, -0.1) is 0 Å². The summed E-state index contributed by atoms with van der Waals surface area (Å²) in [6.45, 7) is 6.66. The monoisotopic (exact) mass is 467 g/mol. The molecule has 1 N–H and O–H groups in total. The number of nitrogens with one attached hydrogen (secondary N) is 1. The van der Waals surface area contributed by atoms with Gasteiger partial charge in [-0.1, -0.05) is 136 Å². The molecule has 0 fully saturated rings. The standard InChI is InChI=1S/C29H57NO3/c1-4-6-8-10-12-13-14-15-16-17-18-19-20-21-23-25-28(31)30-27(3)29(32)33-26-24-22-11-9-7-5-2/h27H,4-26H2,1-3H3,(H,30,31). The zero-order chi connectivity index (χ0) is 24.4. The van der Waals surface area contributed by atoms with Gasteiger partial charge in [-0.25, -0.2) is 4.79 Å². The molecule has 196 valence electrons. The number of rotatable bonds is 25. The highest BCUT2D eigenvalue weighted by Crippen LogP contribution is 2.13. The Bertz CT molecular complexity index is 439. The largest absolute Gasteiger partial charge is 0.464 e. The highest BCUT2D eigenvalue weighted by atomic mass is 16.5. The van der Waals surface area contributed by atoms with Crippen LogP contribution in [0.3, 0.4) is 0 Å². The van der Waals surface area contributed by atoms with Gasteiger partial charge in [-0.2, -0.15) is 0 Å². The van der Waals surface area contributed by atoms with Gasteiger partial charge in [0, 0.05) is 6.42 Å². The van der Waals surface area contributed by atoms with Gasteiger partial charge in [0.2, 0.25) is 5.91 Å². The fourth-order valence-corrected chi connectivity index (χ4v) is 4.21. The van der Waals surface area contributed by atoms with E-state index in [0.29, 0.717) is 13.0 Å². The molecular formula is C29H57NO3. The topological polar surface area (TPSA) is 55.4 Å². The minimum absolute atomic E-state index is 0.0336. The predicted molar refractivity (Wildman–Crippen MR) is 141 cm³/mol. The van der Waals surface area contributed by atoms with E-state index in [9.17, 15) is 9.59 Å². The van der Waals surface area contributed by atoms with Gasteiger partial charge in [0.15, 0.2) is 0 Å². The molecule has 0 saturated heterocycles. The molecule has 1 atom stereocenters. The van der Waals surface area contributed by atoms with E-state index in [-0.39, 0.29) is 11.9 Å². The molecule has 0 aromatic rings. The maximum absolute atomic E-state index is 12.0. The van der Waals surface area contributed by atoms with Gasteiger partial charge in [-0.3, -0.25) is 4.79 Å². The number of ether oxygens (including phenoxy) is 1. The summed E-state index contributed by atoms with van der Waals surface area (Å²) in [7, 11) is 0. The van der Waals surface area contributed by atoms with Crippen LogP contribution in [0.5, 0.6) is 0 Å². The van der Waals surface area contributed by atoms with E-state index in [1.165, 1.54) is 109 Å². The number of hydrogen-bond donors (Lipinski definition) is 1.